The third kappa shape index (κ3) is 3.53. The first-order valence-corrected chi connectivity index (χ1v) is 6.02. The van der Waals surface area contributed by atoms with E-state index in [0.29, 0.717) is 6.54 Å². The molecule has 0 atom stereocenters. The van der Waals surface area contributed by atoms with Crippen molar-refractivity contribution in [3.05, 3.63) is 30.1 Å². The molecular weight excluding hydrogens is 219 g/mol. The van der Waals surface area contributed by atoms with E-state index in [-0.39, 0.29) is 17.4 Å². The third-order valence-corrected chi connectivity index (χ3v) is 2.96. The molecule has 2 rings (SSSR count). The van der Waals surface area contributed by atoms with E-state index in [9.17, 15) is 9.18 Å². The fraction of sp³-hybridized carbons (Fsp3) is 0.462. The fourth-order valence-electron chi connectivity index (χ4n) is 2.07. The van der Waals surface area contributed by atoms with Crippen LogP contribution in [0.15, 0.2) is 24.3 Å². The molecular formula is C13H17FN2O. The van der Waals surface area contributed by atoms with Gasteiger partial charge in [0.25, 0.3) is 0 Å². The Kier molecular flexibility index (Phi) is 4.09. The number of carbonyl (C=O) groups is 1. The van der Waals surface area contributed by atoms with E-state index in [4.69, 9.17) is 0 Å². The smallest absolute Gasteiger partial charge is 0.238 e. The maximum absolute atomic E-state index is 13.3. The molecule has 1 aliphatic rings. The minimum absolute atomic E-state index is 0.142. The maximum atomic E-state index is 13.3. The van der Waals surface area contributed by atoms with Crippen LogP contribution < -0.4 is 5.32 Å². The Balaban J connectivity index is 1.86. The van der Waals surface area contributed by atoms with Crippen LogP contribution in [0.4, 0.5) is 10.1 Å². The highest BCUT2D eigenvalue weighted by Crippen LogP contribution is 2.13. The number of benzene rings is 1. The van der Waals surface area contributed by atoms with Crippen LogP contribution >= 0.6 is 0 Å². The summed E-state index contributed by atoms with van der Waals surface area (Å²) in [6, 6.07) is 6.23. The second-order valence-corrected chi connectivity index (χ2v) is 4.36. The average molecular weight is 236 g/mol. The Morgan fingerprint density at radius 2 is 1.94 bits per heavy atom. The number of anilines is 1. The number of piperidine rings is 1. The zero-order valence-electron chi connectivity index (χ0n) is 9.79. The van der Waals surface area contributed by atoms with Gasteiger partial charge in [0.05, 0.1) is 12.2 Å². The van der Waals surface area contributed by atoms with Gasteiger partial charge >= 0.3 is 0 Å². The van der Waals surface area contributed by atoms with Crippen LogP contribution in [0, 0.1) is 5.82 Å². The molecule has 0 bridgehead atoms. The zero-order chi connectivity index (χ0) is 12.1. The maximum Gasteiger partial charge on any atom is 0.238 e. The van der Waals surface area contributed by atoms with Crippen LogP contribution in [0.1, 0.15) is 19.3 Å². The molecule has 1 N–H and O–H groups in total. The molecule has 1 aromatic carbocycles. The number of para-hydroxylation sites is 1. The van der Waals surface area contributed by atoms with Gasteiger partial charge in [-0.15, -0.1) is 0 Å². The van der Waals surface area contributed by atoms with Crippen LogP contribution in [-0.4, -0.2) is 30.4 Å². The first kappa shape index (κ1) is 12.0. The van der Waals surface area contributed by atoms with Crippen molar-refractivity contribution in [2.75, 3.05) is 25.0 Å². The van der Waals surface area contributed by atoms with E-state index >= 15 is 0 Å². The first-order chi connectivity index (χ1) is 8.25. The summed E-state index contributed by atoms with van der Waals surface area (Å²) < 4.78 is 13.3. The molecule has 92 valence electrons. The number of hydrogen-bond acceptors (Lipinski definition) is 2. The van der Waals surface area contributed by atoms with Gasteiger partial charge in [0, 0.05) is 0 Å². The summed E-state index contributed by atoms with van der Waals surface area (Å²) in [4.78, 5) is 13.8. The van der Waals surface area contributed by atoms with Crippen LogP contribution in [0.25, 0.3) is 0 Å². The summed E-state index contributed by atoms with van der Waals surface area (Å²) in [5.41, 5.74) is 0.259. The van der Waals surface area contributed by atoms with Crippen molar-refractivity contribution in [1.29, 1.82) is 0 Å². The standard InChI is InChI=1S/C13H17FN2O/c14-11-6-2-3-7-12(11)15-13(17)10-16-8-4-1-5-9-16/h2-3,6-7H,1,4-5,8-10H2,(H,15,17). The molecule has 0 unspecified atom stereocenters. The SMILES string of the molecule is O=C(CN1CCCCC1)Nc1ccccc1F. The molecule has 0 saturated carbocycles. The predicted molar refractivity (Wildman–Crippen MR) is 65.3 cm³/mol. The minimum Gasteiger partial charge on any atom is -0.322 e. The molecule has 0 spiro atoms. The summed E-state index contributed by atoms with van der Waals surface area (Å²) in [7, 11) is 0. The van der Waals surface area contributed by atoms with E-state index in [1.807, 2.05) is 0 Å². The van der Waals surface area contributed by atoms with E-state index < -0.39 is 0 Å². The molecule has 1 fully saturated rings. The van der Waals surface area contributed by atoms with Gasteiger partial charge in [0.15, 0.2) is 0 Å². The van der Waals surface area contributed by atoms with Gasteiger partial charge in [0.2, 0.25) is 5.91 Å². The summed E-state index contributed by atoms with van der Waals surface area (Å²) in [6.07, 6.45) is 3.53. The highest BCUT2D eigenvalue weighted by molar-refractivity contribution is 5.92. The highest BCUT2D eigenvalue weighted by Gasteiger charge is 2.14. The number of rotatable bonds is 3. The normalized spacial score (nSPS) is 16.8. The molecule has 1 heterocycles. The molecule has 1 amide bonds. The summed E-state index contributed by atoms with van der Waals surface area (Å²) in [6.45, 7) is 2.28. The number of nitrogens with one attached hydrogen (secondary N) is 1. The number of likely N-dealkylation sites (tertiary alicyclic amines) is 1. The highest BCUT2D eigenvalue weighted by atomic mass is 19.1. The Hall–Kier alpha value is -1.42. The van der Waals surface area contributed by atoms with Gasteiger partial charge in [-0.1, -0.05) is 18.6 Å². The lowest BCUT2D eigenvalue weighted by molar-refractivity contribution is -0.117. The van der Waals surface area contributed by atoms with Gasteiger partial charge < -0.3 is 5.32 Å². The Bertz CT molecular complexity index is 389. The lowest BCUT2D eigenvalue weighted by Crippen LogP contribution is -2.36. The Morgan fingerprint density at radius 1 is 1.24 bits per heavy atom. The van der Waals surface area contributed by atoms with Crippen LogP contribution in [0.5, 0.6) is 0 Å². The van der Waals surface area contributed by atoms with Crippen molar-refractivity contribution >= 4 is 11.6 Å². The summed E-state index contributed by atoms with van der Waals surface area (Å²) >= 11 is 0. The number of hydrogen-bond donors (Lipinski definition) is 1. The summed E-state index contributed by atoms with van der Waals surface area (Å²) in [5, 5.41) is 2.60. The Labute approximate surface area is 101 Å². The third-order valence-electron chi connectivity index (χ3n) is 2.96. The quantitative estimate of drug-likeness (QED) is 0.873. The molecule has 3 nitrogen and oxygen atoms in total. The lowest BCUT2D eigenvalue weighted by Gasteiger charge is -2.25. The van der Waals surface area contributed by atoms with E-state index in [0.717, 1.165) is 25.9 Å². The van der Waals surface area contributed by atoms with Gasteiger partial charge in [-0.2, -0.15) is 0 Å². The van der Waals surface area contributed by atoms with Crippen molar-refractivity contribution in [1.82, 2.24) is 4.90 Å². The van der Waals surface area contributed by atoms with Crippen molar-refractivity contribution in [2.24, 2.45) is 0 Å². The second kappa shape index (κ2) is 5.77. The second-order valence-electron chi connectivity index (χ2n) is 4.36. The number of carbonyl (C=O) groups excluding carboxylic acids is 1. The van der Waals surface area contributed by atoms with Crippen molar-refractivity contribution in [3.8, 4) is 0 Å². The monoisotopic (exact) mass is 236 g/mol. The Morgan fingerprint density at radius 3 is 2.65 bits per heavy atom. The number of amides is 1. The van der Waals surface area contributed by atoms with E-state index in [1.165, 1.54) is 12.5 Å². The van der Waals surface area contributed by atoms with Gasteiger partial charge in [-0.3, -0.25) is 9.69 Å². The summed E-state index contributed by atoms with van der Waals surface area (Å²) in [5.74, 6) is -0.531. The molecule has 1 aromatic rings. The van der Waals surface area contributed by atoms with Crippen LogP contribution in [0.2, 0.25) is 0 Å². The lowest BCUT2D eigenvalue weighted by atomic mass is 10.1. The number of halogens is 1. The molecule has 0 aliphatic carbocycles. The molecule has 1 aliphatic heterocycles. The fourth-order valence-corrected chi connectivity index (χ4v) is 2.07. The van der Waals surface area contributed by atoms with Crippen molar-refractivity contribution < 1.29 is 9.18 Å². The first-order valence-electron chi connectivity index (χ1n) is 6.02. The van der Waals surface area contributed by atoms with Gasteiger partial charge in [0.1, 0.15) is 5.82 Å². The predicted octanol–water partition coefficient (Wildman–Crippen LogP) is 2.25. The zero-order valence-corrected chi connectivity index (χ0v) is 9.79. The van der Waals surface area contributed by atoms with Gasteiger partial charge in [-0.05, 0) is 38.1 Å². The average Bonchev–Trinajstić information content (AvgIpc) is 2.33. The largest absolute Gasteiger partial charge is 0.322 e. The van der Waals surface area contributed by atoms with Crippen LogP contribution in [0.3, 0.4) is 0 Å². The number of nitrogens with zero attached hydrogens (tertiary/aromatic N) is 1. The molecule has 4 heteroatoms. The minimum atomic E-state index is -0.389. The molecule has 17 heavy (non-hydrogen) atoms. The van der Waals surface area contributed by atoms with Crippen molar-refractivity contribution in [2.45, 2.75) is 19.3 Å². The molecule has 0 radical (unpaired) electrons. The topological polar surface area (TPSA) is 32.3 Å². The van der Waals surface area contributed by atoms with Crippen LogP contribution in [-0.2, 0) is 4.79 Å². The van der Waals surface area contributed by atoms with E-state index in [1.54, 1.807) is 18.2 Å². The van der Waals surface area contributed by atoms with E-state index in [2.05, 4.69) is 10.2 Å². The van der Waals surface area contributed by atoms with Gasteiger partial charge in [-0.25, -0.2) is 4.39 Å². The molecule has 1 saturated heterocycles. The van der Waals surface area contributed by atoms with Crippen molar-refractivity contribution in [3.63, 3.8) is 0 Å². The molecule has 0 aromatic heterocycles.